The van der Waals surface area contributed by atoms with Crippen molar-refractivity contribution in [1.29, 1.82) is 0 Å². The summed E-state index contributed by atoms with van der Waals surface area (Å²) in [5.74, 6) is 2.16. The molecule has 3 unspecified atom stereocenters. The average molecular weight is 292 g/mol. The first-order valence-corrected chi connectivity index (χ1v) is 7.76. The molecule has 2 N–H and O–H groups in total. The van der Waals surface area contributed by atoms with Gasteiger partial charge in [0.15, 0.2) is 0 Å². The van der Waals surface area contributed by atoms with Crippen LogP contribution >= 0.6 is 0 Å². The molecular weight excluding hydrogens is 267 g/mol. The quantitative estimate of drug-likeness (QED) is 0.617. The SMILES string of the molecule is CC1CCC(OCCOc2cccc(B(O)O)c2)CC1C. The lowest BCUT2D eigenvalue weighted by Crippen LogP contribution is -2.29. The van der Waals surface area contributed by atoms with E-state index in [2.05, 4.69) is 13.8 Å². The van der Waals surface area contributed by atoms with E-state index in [1.54, 1.807) is 24.3 Å². The average Bonchev–Trinajstić information content (AvgIpc) is 2.47. The predicted octanol–water partition coefficient (Wildman–Crippen LogP) is 1.59. The van der Waals surface area contributed by atoms with Gasteiger partial charge in [-0.25, -0.2) is 0 Å². The molecule has 1 fully saturated rings. The van der Waals surface area contributed by atoms with E-state index in [0.29, 0.717) is 30.5 Å². The van der Waals surface area contributed by atoms with Crippen molar-refractivity contribution < 1.29 is 19.5 Å². The number of hydrogen-bond acceptors (Lipinski definition) is 4. The van der Waals surface area contributed by atoms with Gasteiger partial charge in [0.1, 0.15) is 12.4 Å². The van der Waals surface area contributed by atoms with Crippen molar-refractivity contribution in [3.8, 4) is 5.75 Å². The van der Waals surface area contributed by atoms with Gasteiger partial charge in [0, 0.05) is 0 Å². The maximum atomic E-state index is 9.11. The maximum Gasteiger partial charge on any atom is 0.488 e. The molecule has 0 radical (unpaired) electrons. The third-order valence-electron chi connectivity index (χ3n) is 4.41. The van der Waals surface area contributed by atoms with Crippen LogP contribution in [0.2, 0.25) is 0 Å². The molecule has 116 valence electrons. The van der Waals surface area contributed by atoms with Crippen molar-refractivity contribution in [2.24, 2.45) is 11.8 Å². The summed E-state index contributed by atoms with van der Waals surface area (Å²) in [5.41, 5.74) is 0.434. The van der Waals surface area contributed by atoms with E-state index in [4.69, 9.17) is 19.5 Å². The first-order valence-electron chi connectivity index (χ1n) is 7.76. The number of hydrogen-bond donors (Lipinski definition) is 2. The monoisotopic (exact) mass is 292 g/mol. The highest BCUT2D eigenvalue weighted by Crippen LogP contribution is 2.30. The van der Waals surface area contributed by atoms with Crippen LogP contribution in [0.25, 0.3) is 0 Å². The number of ether oxygens (including phenoxy) is 2. The molecule has 4 nitrogen and oxygen atoms in total. The summed E-state index contributed by atoms with van der Waals surface area (Å²) in [6.07, 6.45) is 3.86. The van der Waals surface area contributed by atoms with Gasteiger partial charge >= 0.3 is 7.12 Å². The van der Waals surface area contributed by atoms with Crippen LogP contribution in [-0.2, 0) is 4.74 Å². The topological polar surface area (TPSA) is 58.9 Å². The predicted molar refractivity (Wildman–Crippen MR) is 83.7 cm³/mol. The van der Waals surface area contributed by atoms with Gasteiger partial charge in [0.05, 0.1) is 12.7 Å². The van der Waals surface area contributed by atoms with Crippen molar-refractivity contribution in [2.45, 2.75) is 39.2 Å². The van der Waals surface area contributed by atoms with E-state index in [1.165, 1.54) is 6.42 Å². The van der Waals surface area contributed by atoms with Crippen LogP contribution in [0.3, 0.4) is 0 Å². The summed E-state index contributed by atoms with van der Waals surface area (Å²) in [7, 11) is -1.46. The van der Waals surface area contributed by atoms with E-state index >= 15 is 0 Å². The van der Waals surface area contributed by atoms with Crippen LogP contribution in [0, 0.1) is 11.8 Å². The molecule has 2 rings (SSSR count). The third-order valence-corrected chi connectivity index (χ3v) is 4.41. The van der Waals surface area contributed by atoms with Gasteiger partial charge in [-0.2, -0.15) is 0 Å². The third kappa shape index (κ3) is 5.02. The lowest BCUT2D eigenvalue weighted by Gasteiger charge is -2.31. The fraction of sp³-hybridized carbons (Fsp3) is 0.625. The van der Waals surface area contributed by atoms with E-state index in [1.807, 2.05) is 0 Å². The Labute approximate surface area is 127 Å². The molecule has 5 heteroatoms. The van der Waals surface area contributed by atoms with Crippen LogP contribution in [0.4, 0.5) is 0 Å². The molecule has 1 aromatic rings. The largest absolute Gasteiger partial charge is 0.491 e. The fourth-order valence-corrected chi connectivity index (χ4v) is 2.79. The summed E-state index contributed by atoms with van der Waals surface area (Å²) in [4.78, 5) is 0. The molecule has 0 aromatic heterocycles. The molecule has 3 atom stereocenters. The summed E-state index contributed by atoms with van der Waals surface area (Å²) < 4.78 is 11.5. The maximum absolute atomic E-state index is 9.11. The minimum atomic E-state index is -1.46. The van der Waals surface area contributed by atoms with Crippen molar-refractivity contribution in [3.05, 3.63) is 24.3 Å². The molecule has 1 aliphatic rings. The second kappa shape index (κ2) is 7.83. The van der Waals surface area contributed by atoms with Gasteiger partial charge in [-0.05, 0) is 48.7 Å². The smallest absolute Gasteiger partial charge is 0.488 e. The van der Waals surface area contributed by atoms with E-state index < -0.39 is 7.12 Å². The Morgan fingerprint density at radius 3 is 2.67 bits per heavy atom. The second-order valence-corrected chi connectivity index (χ2v) is 6.06. The molecule has 0 bridgehead atoms. The van der Waals surface area contributed by atoms with Crippen LogP contribution in [0.1, 0.15) is 33.1 Å². The molecule has 0 amide bonds. The standard InChI is InChI=1S/C16H25BO4/c1-12-6-7-16(10-13(12)2)21-9-8-20-15-5-3-4-14(11-15)17(18)19/h3-5,11-13,16,18-19H,6-10H2,1-2H3. The minimum Gasteiger partial charge on any atom is -0.491 e. The molecule has 0 spiro atoms. The second-order valence-electron chi connectivity index (χ2n) is 6.06. The minimum absolute atomic E-state index is 0.352. The highest BCUT2D eigenvalue weighted by Gasteiger charge is 2.24. The Kier molecular flexibility index (Phi) is 6.09. The first kappa shape index (κ1) is 16.3. The first-order chi connectivity index (χ1) is 10.1. The molecule has 1 aromatic carbocycles. The summed E-state index contributed by atoms with van der Waals surface area (Å²) in [6.45, 7) is 5.65. The van der Waals surface area contributed by atoms with Gasteiger partial charge < -0.3 is 19.5 Å². The summed E-state index contributed by atoms with van der Waals surface area (Å²) in [5, 5.41) is 18.2. The summed E-state index contributed by atoms with van der Waals surface area (Å²) in [6, 6.07) is 6.83. The molecular formula is C16H25BO4. The normalized spacial score (nSPS) is 25.6. The molecule has 0 saturated heterocycles. The Hall–Kier alpha value is -1.04. The van der Waals surface area contributed by atoms with E-state index in [9.17, 15) is 0 Å². The molecule has 1 aliphatic carbocycles. The lowest BCUT2D eigenvalue weighted by molar-refractivity contribution is -0.00907. The molecule has 0 aliphatic heterocycles. The van der Waals surface area contributed by atoms with Gasteiger partial charge in [0.25, 0.3) is 0 Å². The Balaban J connectivity index is 1.69. The zero-order valence-electron chi connectivity index (χ0n) is 12.9. The molecule has 1 saturated carbocycles. The zero-order valence-corrected chi connectivity index (χ0v) is 12.9. The Bertz CT molecular complexity index is 438. The van der Waals surface area contributed by atoms with Crippen LogP contribution in [0.15, 0.2) is 24.3 Å². The van der Waals surface area contributed by atoms with Crippen molar-refractivity contribution in [2.75, 3.05) is 13.2 Å². The van der Waals surface area contributed by atoms with Crippen LogP contribution < -0.4 is 10.2 Å². The van der Waals surface area contributed by atoms with Gasteiger partial charge in [-0.3, -0.25) is 0 Å². The Morgan fingerprint density at radius 1 is 1.14 bits per heavy atom. The van der Waals surface area contributed by atoms with E-state index in [-0.39, 0.29) is 0 Å². The number of benzene rings is 1. The van der Waals surface area contributed by atoms with E-state index in [0.717, 1.165) is 24.7 Å². The zero-order chi connectivity index (χ0) is 15.2. The highest BCUT2D eigenvalue weighted by molar-refractivity contribution is 6.58. The molecule has 0 heterocycles. The Morgan fingerprint density at radius 2 is 1.95 bits per heavy atom. The molecule has 21 heavy (non-hydrogen) atoms. The van der Waals surface area contributed by atoms with Crippen molar-refractivity contribution in [1.82, 2.24) is 0 Å². The van der Waals surface area contributed by atoms with Crippen molar-refractivity contribution >= 4 is 12.6 Å². The van der Waals surface area contributed by atoms with Crippen LogP contribution in [-0.4, -0.2) is 36.5 Å². The van der Waals surface area contributed by atoms with Gasteiger partial charge in [-0.1, -0.05) is 26.0 Å². The van der Waals surface area contributed by atoms with Crippen LogP contribution in [0.5, 0.6) is 5.75 Å². The lowest BCUT2D eigenvalue weighted by atomic mass is 9.80. The van der Waals surface area contributed by atoms with Crippen molar-refractivity contribution in [3.63, 3.8) is 0 Å². The fourth-order valence-electron chi connectivity index (χ4n) is 2.79. The highest BCUT2D eigenvalue weighted by atomic mass is 16.5. The number of rotatable bonds is 6. The van der Waals surface area contributed by atoms with Gasteiger partial charge in [0.2, 0.25) is 0 Å². The van der Waals surface area contributed by atoms with Gasteiger partial charge in [-0.15, -0.1) is 0 Å². The summed E-state index contributed by atoms with van der Waals surface area (Å²) >= 11 is 0.